The van der Waals surface area contributed by atoms with E-state index in [1.807, 2.05) is 0 Å². The minimum absolute atomic E-state index is 0.316. The summed E-state index contributed by atoms with van der Waals surface area (Å²) >= 11 is 0. The van der Waals surface area contributed by atoms with E-state index in [4.69, 9.17) is 0 Å². The molecule has 0 amide bonds. The lowest BCUT2D eigenvalue weighted by Gasteiger charge is -2.48. The molecule has 1 saturated heterocycles. The number of piperidine rings is 1. The van der Waals surface area contributed by atoms with Crippen molar-refractivity contribution in [2.45, 2.75) is 84.6 Å². The Bertz CT molecular complexity index is 277. The Morgan fingerprint density at radius 1 is 1.10 bits per heavy atom. The Kier molecular flexibility index (Phi) is 5.47. The number of halogens is 1. The second kappa shape index (κ2) is 6.74. The lowest BCUT2D eigenvalue weighted by Crippen LogP contribution is -2.49. The van der Waals surface area contributed by atoms with E-state index in [0.717, 1.165) is 0 Å². The minimum Gasteiger partial charge on any atom is -0.304 e. The average molecular weight is 284 g/mol. The van der Waals surface area contributed by atoms with Crippen LogP contribution in [-0.2, 0) is 0 Å². The Morgan fingerprint density at radius 3 is 2.05 bits per heavy atom. The molecule has 1 atom stereocenters. The zero-order chi connectivity index (χ0) is 14.8. The molecule has 0 N–H and O–H groups in total. The van der Waals surface area contributed by atoms with Crippen LogP contribution in [0.2, 0.25) is 0 Å². The van der Waals surface area contributed by atoms with Crippen LogP contribution in [0.15, 0.2) is 0 Å². The van der Waals surface area contributed by atoms with Crippen molar-refractivity contribution in [2.75, 3.05) is 19.6 Å². The maximum atomic E-state index is 13.9. The van der Waals surface area contributed by atoms with Crippen LogP contribution in [0, 0.1) is 5.41 Å². The third-order valence-corrected chi connectivity index (χ3v) is 5.81. The van der Waals surface area contributed by atoms with Gasteiger partial charge >= 0.3 is 0 Å². The molecular formula is C17H33FN2. The fourth-order valence-electron chi connectivity index (χ4n) is 4.48. The summed E-state index contributed by atoms with van der Waals surface area (Å²) in [4.78, 5) is 4.66. The molecule has 1 heterocycles. The summed E-state index contributed by atoms with van der Waals surface area (Å²) in [6.45, 7) is 11.9. The summed E-state index contributed by atoms with van der Waals surface area (Å²) in [5.74, 6) is 0. The summed E-state index contributed by atoms with van der Waals surface area (Å²) in [6.07, 6.45) is 6.92. The fourth-order valence-corrected chi connectivity index (χ4v) is 4.48. The molecule has 3 heteroatoms. The van der Waals surface area contributed by atoms with Crippen LogP contribution in [0.1, 0.15) is 66.2 Å². The minimum atomic E-state index is -0.809. The Morgan fingerprint density at radius 2 is 1.65 bits per heavy atom. The molecule has 0 aromatic rings. The Balaban J connectivity index is 1.89. The van der Waals surface area contributed by atoms with E-state index in [1.54, 1.807) is 6.92 Å². The quantitative estimate of drug-likeness (QED) is 0.718. The molecule has 0 bridgehead atoms. The van der Waals surface area contributed by atoms with Crippen molar-refractivity contribution in [3.63, 3.8) is 0 Å². The summed E-state index contributed by atoms with van der Waals surface area (Å²) in [7, 11) is 0. The van der Waals surface area contributed by atoms with E-state index in [9.17, 15) is 4.39 Å². The number of hydrogen-bond donors (Lipinski definition) is 0. The molecule has 2 nitrogen and oxygen atoms in total. The average Bonchev–Trinajstić information content (AvgIpc) is 2.42. The van der Waals surface area contributed by atoms with Crippen LogP contribution >= 0.6 is 0 Å². The topological polar surface area (TPSA) is 6.48 Å². The first kappa shape index (κ1) is 16.2. The van der Waals surface area contributed by atoms with Gasteiger partial charge < -0.3 is 4.90 Å². The number of nitrogens with zero attached hydrogens (tertiary/aromatic N) is 2. The molecule has 118 valence electrons. The van der Waals surface area contributed by atoms with Crippen LogP contribution in [0.5, 0.6) is 0 Å². The second-order valence-electron chi connectivity index (χ2n) is 7.28. The van der Waals surface area contributed by atoms with Crippen molar-refractivity contribution < 1.29 is 4.39 Å². The van der Waals surface area contributed by atoms with Crippen LogP contribution in [0.4, 0.5) is 4.39 Å². The van der Waals surface area contributed by atoms with Gasteiger partial charge in [-0.25, -0.2) is 4.39 Å². The van der Waals surface area contributed by atoms with Gasteiger partial charge in [0.15, 0.2) is 6.30 Å². The van der Waals surface area contributed by atoms with E-state index in [1.165, 1.54) is 58.2 Å². The molecule has 2 aliphatic rings. The van der Waals surface area contributed by atoms with E-state index >= 15 is 0 Å². The lowest BCUT2D eigenvalue weighted by molar-refractivity contribution is -0.0223. The second-order valence-corrected chi connectivity index (χ2v) is 7.28. The molecule has 1 aliphatic carbocycles. The highest BCUT2D eigenvalue weighted by Crippen LogP contribution is 2.46. The van der Waals surface area contributed by atoms with Crippen LogP contribution in [-0.4, -0.2) is 47.8 Å². The lowest BCUT2D eigenvalue weighted by atomic mass is 9.66. The van der Waals surface area contributed by atoms with Crippen LogP contribution in [0.25, 0.3) is 0 Å². The van der Waals surface area contributed by atoms with Gasteiger partial charge in [0.05, 0.1) is 0 Å². The molecule has 1 unspecified atom stereocenters. The number of alkyl halides is 1. The SMILES string of the molecule is CCN1CCC2(CCC(N(C(C)C)C(C)F)CC2)CC1. The number of rotatable bonds is 4. The first-order valence-electron chi connectivity index (χ1n) is 8.61. The third-order valence-electron chi connectivity index (χ3n) is 5.81. The predicted octanol–water partition coefficient (Wildman–Crippen LogP) is 4.06. The maximum Gasteiger partial charge on any atom is 0.151 e. The van der Waals surface area contributed by atoms with Crippen molar-refractivity contribution in [2.24, 2.45) is 5.41 Å². The summed E-state index contributed by atoms with van der Waals surface area (Å²) in [5, 5.41) is 0. The van der Waals surface area contributed by atoms with Gasteiger partial charge in [-0.15, -0.1) is 0 Å². The zero-order valence-corrected chi connectivity index (χ0v) is 13.9. The largest absolute Gasteiger partial charge is 0.304 e. The Labute approximate surface area is 124 Å². The molecule has 1 saturated carbocycles. The highest BCUT2D eigenvalue weighted by molar-refractivity contribution is 4.93. The molecule has 1 spiro atoms. The highest BCUT2D eigenvalue weighted by atomic mass is 19.1. The van der Waals surface area contributed by atoms with Gasteiger partial charge in [-0.2, -0.15) is 0 Å². The zero-order valence-electron chi connectivity index (χ0n) is 13.9. The van der Waals surface area contributed by atoms with Crippen molar-refractivity contribution in [3.05, 3.63) is 0 Å². The van der Waals surface area contributed by atoms with Gasteiger partial charge in [-0.3, -0.25) is 4.90 Å². The monoisotopic (exact) mass is 284 g/mol. The predicted molar refractivity (Wildman–Crippen MR) is 83.6 cm³/mol. The van der Waals surface area contributed by atoms with E-state index in [0.29, 0.717) is 17.5 Å². The van der Waals surface area contributed by atoms with Gasteiger partial charge in [0.1, 0.15) is 0 Å². The van der Waals surface area contributed by atoms with Gasteiger partial charge in [0, 0.05) is 12.1 Å². The summed E-state index contributed by atoms with van der Waals surface area (Å²) in [6, 6.07) is 0.779. The van der Waals surface area contributed by atoms with Gasteiger partial charge in [0.2, 0.25) is 0 Å². The Hall–Kier alpha value is -0.150. The van der Waals surface area contributed by atoms with Crippen LogP contribution in [0.3, 0.4) is 0 Å². The maximum absolute atomic E-state index is 13.9. The van der Waals surface area contributed by atoms with Gasteiger partial charge in [0.25, 0.3) is 0 Å². The molecule has 20 heavy (non-hydrogen) atoms. The molecule has 2 fully saturated rings. The molecule has 0 aromatic heterocycles. The van der Waals surface area contributed by atoms with E-state index in [-0.39, 0.29) is 0 Å². The molecular weight excluding hydrogens is 251 g/mol. The van der Waals surface area contributed by atoms with Crippen molar-refractivity contribution in [1.29, 1.82) is 0 Å². The normalized spacial score (nSPS) is 26.6. The standard InChI is InChI=1S/C17H33FN2/c1-5-19-12-10-17(11-13-19)8-6-16(7-9-17)20(14(2)3)15(4)18/h14-16H,5-13H2,1-4H3. The van der Waals surface area contributed by atoms with E-state index < -0.39 is 6.30 Å². The molecule has 1 aliphatic heterocycles. The number of likely N-dealkylation sites (tertiary alicyclic amines) is 1. The summed E-state index contributed by atoms with van der Waals surface area (Å²) in [5.41, 5.74) is 0.588. The first-order valence-corrected chi connectivity index (χ1v) is 8.61. The molecule has 2 rings (SSSR count). The first-order chi connectivity index (χ1) is 9.47. The van der Waals surface area contributed by atoms with Crippen LogP contribution < -0.4 is 0 Å². The van der Waals surface area contributed by atoms with E-state index in [2.05, 4.69) is 30.6 Å². The third kappa shape index (κ3) is 3.54. The van der Waals surface area contributed by atoms with Crippen molar-refractivity contribution >= 4 is 0 Å². The van der Waals surface area contributed by atoms with Crippen molar-refractivity contribution in [3.8, 4) is 0 Å². The smallest absolute Gasteiger partial charge is 0.151 e. The fraction of sp³-hybridized carbons (Fsp3) is 1.00. The van der Waals surface area contributed by atoms with Gasteiger partial charge in [-0.05, 0) is 84.3 Å². The van der Waals surface area contributed by atoms with Gasteiger partial charge in [-0.1, -0.05) is 6.92 Å². The number of hydrogen-bond acceptors (Lipinski definition) is 2. The summed E-state index contributed by atoms with van der Waals surface area (Å²) < 4.78 is 13.9. The van der Waals surface area contributed by atoms with Crippen molar-refractivity contribution in [1.82, 2.24) is 9.80 Å². The molecule has 0 aromatic carbocycles. The highest BCUT2D eigenvalue weighted by Gasteiger charge is 2.40. The molecule has 0 radical (unpaired) electrons.